The summed E-state index contributed by atoms with van der Waals surface area (Å²) in [7, 11) is 2.22. The zero-order chi connectivity index (χ0) is 19.7. The molecule has 5 rings (SSSR count). The molecule has 1 aromatic carbocycles. The van der Waals surface area contributed by atoms with Crippen LogP contribution in [0.1, 0.15) is 50.7 Å². The summed E-state index contributed by atoms with van der Waals surface area (Å²) in [4.78, 5) is 14.5. The predicted molar refractivity (Wildman–Crippen MR) is 103 cm³/mol. The number of likely N-dealkylation sites (tertiary alicyclic amines) is 1. The van der Waals surface area contributed by atoms with Crippen molar-refractivity contribution in [1.82, 2.24) is 4.90 Å². The van der Waals surface area contributed by atoms with Crippen molar-refractivity contribution in [3.8, 4) is 11.5 Å². The Balaban J connectivity index is 1.67. The molecule has 0 unspecified atom stereocenters. The summed E-state index contributed by atoms with van der Waals surface area (Å²) in [5.41, 5.74) is 1.39. The van der Waals surface area contributed by atoms with Gasteiger partial charge in [0.2, 0.25) is 0 Å². The second kappa shape index (κ2) is 6.10. The van der Waals surface area contributed by atoms with Gasteiger partial charge >= 0.3 is 6.16 Å². The van der Waals surface area contributed by atoms with Crippen molar-refractivity contribution in [2.24, 2.45) is 5.92 Å². The van der Waals surface area contributed by atoms with E-state index in [-0.39, 0.29) is 18.1 Å². The number of aliphatic hydroxyl groups is 1. The Morgan fingerprint density at radius 1 is 1.36 bits per heavy atom. The van der Waals surface area contributed by atoms with Crippen LogP contribution in [0.2, 0.25) is 0 Å². The summed E-state index contributed by atoms with van der Waals surface area (Å²) in [6.07, 6.45) is 3.34. The number of nitrogens with zero attached hydrogens (tertiary/aromatic N) is 1. The molecule has 0 amide bonds. The monoisotopic (exact) mass is 387 g/mol. The number of carbonyl (C=O) groups excluding carboxylic acids is 1. The number of benzene rings is 1. The lowest BCUT2D eigenvalue weighted by atomic mass is 9.49. The molecule has 1 saturated heterocycles. The third-order valence-corrected chi connectivity index (χ3v) is 7.82. The zero-order valence-electron chi connectivity index (χ0n) is 16.9. The van der Waals surface area contributed by atoms with E-state index in [2.05, 4.69) is 18.0 Å². The molecule has 152 valence electrons. The van der Waals surface area contributed by atoms with E-state index < -0.39 is 11.8 Å². The van der Waals surface area contributed by atoms with Gasteiger partial charge in [-0.25, -0.2) is 4.79 Å². The molecule has 1 aromatic rings. The normalized spacial score (nSPS) is 37.8. The number of piperidine rings is 1. The molecule has 2 bridgehead atoms. The Morgan fingerprint density at radius 2 is 2.18 bits per heavy atom. The molecular formula is C22H29NO5. The smallest absolute Gasteiger partial charge is 0.482 e. The van der Waals surface area contributed by atoms with E-state index in [0.29, 0.717) is 29.9 Å². The van der Waals surface area contributed by atoms with Crippen molar-refractivity contribution in [3.05, 3.63) is 23.3 Å². The van der Waals surface area contributed by atoms with Gasteiger partial charge in [-0.2, -0.15) is 0 Å². The standard InChI is InChI=1S/C22H29NO5/c1-4-21(25)9-8-14-15-12-13-6-7-16(27-20(24)26-5-2)18-17(13)22(14,19(21)28-18)10-11-23(15)3/h6-7,14-15,19,25H,4-5,8-12H2,1-3H3/t14-,15+,19-,21-,22-/m0/s1. The highest BCUT2D eigenvalue weighted by Crippen LogP contribution is 2.65. The number of hydrogen-bond donors (Lipinski definition) is 1. The van der Waals surface area contributed by atoms with Crippen LogP contribution in [0, 0.1) is 5.92 Å². The molecule has 6 nitrogen and oxygen atoms in total. The lowest BCUT2D eigenvalue weighted by Gasteiger charge is -2.60. The number of likely N-dealkylation sites (N-methyl/N-ethyl adjacent to an activating group) is 1. The molecule has 0 radical (unpaired) electrons. The molecule has 6 heteroatoms. The van der Waals surface area contributed by atoms with E-state index in [1.807, 2.05) is 13.0 Å². The minimum atomic E-state index is -0.855. The van der Waals surface area contributed by atoms with Gasteiger partial charge in [-0.05, 0) is 70.2 Å². The van der Waals surface area contributed by atoms with Crippen LogP contribution in [-0.2, 0) is 16.6 Å². The largest absolute Gasteiger partial charge is 0.513 e. The van der Waals surface area contributed by atoms with E-state index in [0.717, 1.165) is 32.2 Å². The first-order valence-corrected chi connectivity index (χ1v) is 10.5. The van der Waals surface area contributed by atoms with Crippen LogP contribution in [-0.4, -0.2) is 54.1 Å². The van der Waals surface area contributed by atoms with Crippen LogP contribution in [0.3, 0.4) is 0 Å². The molecule has 1 spiro atoms. The molecule has 4 aliphatic rings. The van der Waals surface area contributed by atoms with Crippen LogP contribution in [0.4, 0.5) is 4.79 Å². The second-order valence-corrected chi connectivity index (χ2v) is 8.85. The fourth-order valence-corrected chi connectivity index (χ4v) is 6.53. The van der Waals surface area contributed by atoms with Gasteiger partial charge in [-0.1, -0.05) is 13.0 Å². The highest BCUT2D eigenvalue weighted by atomic mass is 16.7. The highest BCUT2D eigenvalue weighted by molar-refractivity contribution is 5.69. The fourth-order valence-electron chi connectivity index (χ4n) is 6.53. The Kier molecular flexibility index (Phi) is 3.98. The summed E-state index contributed by atoms with van der Waals surface area (Å²) in [6.45, 7) is 5.04. The topological polar surface area (TPSA) is 68.2 Å². The molecule has 0 aromatic heterocycles. The highest BCUT2D eigenvalue weighted by Gasteiger charge is 2.68. The number of rotatable bonds is 3. The molecule has 2 heterocycles. The third kappa shape index (κ3) is 2.19. The summed E-state index contributed by atoms with van der Waals surface area (Å²) in [5.74, 6) is 1.52. The average Bonchev–Trinajstić information content (AvgIpc) is 3.04. The van der Waals surface area contributed by atoms with E-state index in [1.54, 1.807) is 6.92 Å². The molecule has 2 aliphatic heterocycles. The van der Waals surface area contributed by atoms with Crippen LogP contribution in [0.5, 0.6) is 11.5 Å². The van der Waals surface area contributed by atoms with Gasteiger partial charge in [0.15, 0.2) is 11.5 Å². The van der Waals surface area contributed by atoms with Gasteiger partial charge in [0.05, 0.1) is 6.61 Å². The van der Waals surface area contributed by atoms with E-state index in [4.69, 9.17) is 14.2 Å². The van der Waals surface area contributed by atoms with Crippen molar-refractivity contribution in [3.63, 3.8) is 0 Å². The first kappa shape index (κ1) is 18.3. The Morgan fingerprint density at radius 3 is 2.93 bits per heavy atom. The minimum Gasteiger partial charge on any atom is -0.482 e. The summed E-state index contributed by atoms with van der Waals surface area (Å²) >= 11 is 0. The zero-order valence-corrected chi connectivity index (χ0v) is 16.9. The van der Waals surface area contributed by atoms with E-state index in [9.17, 15) is 9.90 Å². The second-order valence-electron chi connectivity index (χ2n) is 8.85. The first-order valence-electron chi connectivity index (χ1n) is 10.5. The van der Waals surface area contributed by atoms with Crippen LogP contribution in [0.15, 0.2) is 12.1 Å². The molecule has 1 saturated carbocycles. The maximum Gasteiger partial charge on any atom is 0.513 e. The third-order valence-electron chi connectivity index (χ3n) is 7.82. The molecular weight excluding hydrogens is 358 g/mol. The molecule has 1 N–H and O–H groups in total. The van der Waals surface area contributed by atoms with Gasteiger partial charge in [0, 0.05) is 17.0 Å². The van der Waals surface area contributed by atoms with Gasteiger partial charge in [-0.3, -0.25) is 0 Å². The lowest BCUT2D eigenvalue weighted by molar-refractivity contribution is -0.158. The SMILES string of the molecule is CCOC(=O)Oc1ccc2c3c1O[C@H]1[C@](O)(CC)CC[C@H]4[C@@H](C2)N(C)CC[C@@]341. The van der Waals surface area contributed by atoms with Gasteiger partial charge in [-0.15, -0.1) is 0 Å². The van der Waals surface area contributed by atoms with E-state index >= 15 is 0 Å². The fraction of sp³-hybridized carbons (Fsp3) is 0.682. The predicted octanol–water partition coefficient (Wildman–Crippen LogP) is 3.03. The van der Waals surface area contributed by atoms with Crippen molar-refractivity contribution in [1.29, 1.82) is 0 Å². The van der Waals surface area contributed by atoms with Crippen molar-refractivity contribution in [2.75, 3.05) is 20.2 Å². The Bertz CT molecular complexity index is 825. The summed E-state index contributed by atoms with van der Waals surface area (Å²) < 4.78 is 17.0. The quantitative estimate of drug-likeness (QED) is 0.635. The number of hydrogen-bond acceptors (Lipinski definition) is 6. The van der Waals surface area contributed by atoms with Crippen molar-refractivity contribution < 1.29 is 24.1 Å². The maximum absolute atomic E-state index is 12.0. The maximum atomic E-state index is 12.0. The Labute approximate surface area is 165 Å². The van der Waals surface area contributed by atoms with Crippen LogP contribution in [0.25, 0.3) is 0 Å². The summed E-state index contributed by atoms with van der Waals surface area (Å²) in [5, 5.41) is 11.5. The van der Waals surface area contributed by atoms with Crippen molar-refractivity contribution in [2.45, 2.75) is 69.1 Å². The number of ether oxygens (including phenoxy) is 3. The summed E-state index contributed by atoms with van der Waals surface area (Å²) in [6, 6.07) is 4.36. The van der Waals surface area contributed by atoms with Gasteiger partial charge < -0.3 is 24.2 Å². The van der Waals surface area contributed by atoms with Crippen LogP contribution >= 0.6 is 0 Å². The number of carbonyl (C=O) groups is 1. The lowest BCUT2D eigenvalue weighted by Crippen LogP contribution is -2.69. The Hall–Kier alpha value is -1.79. The van der Waals surface area contributed by atoms with Crippen LogP contribution < -0.4 is 9.47 Å². The van der Waals surface area contributed by atoms with Gasteiger partial charge in [0.1, 0.15) is 11.7 Å². The molecule has 2 fully saturated rings. The minimum absolute atomic E-state index is 0.197. The first-order chi connectivity index (χ1) is 13.4. The molecule has 28 heavy (non-hydrogen) atoms. The van der Waals surface area contributed by atoms with Gasteiger partial charge in [0.25, 0.3) is 0 Å². The average molecular weight is 387 g/mol. The van der Waals surface area contributed by atoms with Crippen molar-refractivity contribution >= 4 is 6.16 Å². The molecule has 5 atom stereocenters. The van der Waals surface area contributed by atoms with E-state index in [1.165, 1.54) is 11.1 Å². The molecule has 2 aliphatic carbocycles.